The summed E-state index contributed by atoms with van der Waals surface area (Å²) in [6.45, 7) is 3.69. The van der Waals surface area contributed by atoms with Crippen LogP contribution in [-0.4, -0.2) is 16.9 Å². The molecule has 1 rings (SSSR count). The first-order chi connectivity index (χ1) is 5.66. The van der Waals surface area contributed by atoms with Crippen molar-refractivity contribution < 1.29 is 9.53 Å². The van der Waals surface area contributed by atoms with Crippen LogP contribution in [0.5, 0.6) is 0 Å². The van der Waals surface area contributed by atoms with Gasteiger partial charge in [-0.3, -0.25) is 9.17 Å². The number of hydrogen-bond acceptors (Lipinski definition) is 4. The smallest absolute Gasteiger partial charge is 0.344 e. The molecule has 0 aromatic carbocycles. The third-order valence-corrected chi connectivity index (χ3v) is 2.15. The Kier molecular flexibility index (Phi) is 2.65. The van der Waals surface area contributed by atoms with Gasteiger partial charge in [-0.1, -0.05) is 11.5 Å². The molecule has 5 heteroatoms. The zero-order valence-electron chi connectivity index (χ0n) is 6.84. The number of nitrogens with one attached hydrogen (secondary N) is 1. The van der Waals surface area contributed by atoms with Crippen LogP contribution in [0.4, 0.5) is 0 Å². The molecule has 12 heavy (non-hydrogen) atoms. The lowest BCUT2D eigenvalue weighted by molar-refractivity contribution is 0.0524. The van der Waals surface area contributed by atoms with Gasteiger partial charge in [-0.2, -0.15) is 0 Å². The van der Waals surface area contributed by atoms with E-state index in [1.165, 1.54) is 0 Å². The molecular weight excluding hydrogens is 178 g/mol. The van der Waals surface area contributed by atoms with Crippen LogP contribution in [0, 0.1) is 6.92 Å². The molecule has 0 fully saturated rings. The Morgan fingerprint density at radius 2 is 2.33 bits per heavy atom. The maximum absolute atomic E-state index is 11.1. The molecule has 4 nitrogen and oxygen atoms in total. The molecule has 0 amide bonds. The second-order valence-electron chi connectivity index (χ2n) is 2.18. The van der Waals surface area contributed by atoms with E-state index < -0.39 is 5.97 Å². The molecule has 0 aliphatic carbocycles. The molecule has 0 saturated carbocycles. The minimum atomic E-state index is -0.544. The van der Waals surface area contributed by atoms with Crippen LogP contribution in [0.1, 0.15) is 22.2 Å². The van der Waals surface area contributed by atoms with Crippen molar-refractivity contribution in [2.24, 2.45) is 0 Å². The summed E-state index contributed by atoms with van der Waals surface area (Å²) in [6.07, 6.45) is 0. The van der Waals surface area contributed by atoms with Crippen molar-refractivity contribution in [1.82, 2.24) is 4.37 Å². The van der Waals surface area contributed by atoms with Crippen LogP contribution in [0.25, 0.3) is 0 Å². The van der Waals surface area contributed by atoms with Gasteiger partial charge in [-0.25, -0.2) is 4.79 Å². The maximum atomic E-state index is 11.1. The third kappa shape index (κ3) is 1.55. The number of aromatic amines is 1. The van der Waals surface area contributed by atoms with Crippen molar-refractivity contribution in [1.29, 1.82) is 0 Å². The average Bonchev–Trinajstić information content (AvgIpc) is 2.32. The summed E-state index contributed by atoms with van der Waals surface area (Å²) in [6, 6.07) is 0. The number of hydrogen-bond donors (Lipinski definition) is 1. The fourth-order valence-electron chi connectivity index (χ4n) is 0.825. The standard InChI is InChI=1S/C7H9NO3S/c1-3-11-7(10)5-4(2)12-8-6(5)9/h3H2,1-2H3,(H,8,9). The molecule has 0 spiro atoms. The molecule has 66 valence electrons. The zero-order chi connectivity index (χ0) is 9.14. The summed E-state index contributed by atoms with van der Waals surface area (Å²) in [5.74, 6) is -0.544. The van der Waals surface area contributed by atoms with Crippen LogP contribution in [0.2, 0.25) is 0 Å². The fourth-order valence-corrected chi connectivity index (χ4v) is 1.45. The van der Waals surface area contributed by atoms with Crippen molar-refractivity contribution in [3.63, 3.8) is 0 Å². The molecule has 1 heterocycles. The Hall–Kier alpha value is -1.10. The summed E-state index contributed by atoms with van der Waals surface area (Å²) in [5.41, 5.74) is -0.238. The number of H-pyrrole nitrogens is 1. The topological polar surface area (TPSA) is 59.2 Å². The van der Waals surface area contributed by atoms with E-state index in [0.29, 0.717) is 4.88 Å². The number of rotatable bonds is 2. The molecule has 1 N–H and O–H groups in total. The quantitative estimate of drug-likeness (QED) is 0.700. The molecule has 0 radical (unpaired) electrons. The first-order valence-corrected chi connectivity index (χ1v) is 4.33. The first-order valence-electron chi connectivity index (χ1n) is 3.52. The van der Waals surface area contributed by atoms with E-state index in [0.717, 1.165) is 11.5 Å². The van der Waals surface area contributed by atoms with Gasteiger partial charge in [0.05, 0.1) is 6.61 Å². The lowest BCUT2D eigenvalue weighted by Gasteiger charge is -1.97. The number of carbonyl (C=O) groups is 1. The Balaban J connectivity index is 3.01. The molecule has 0 unspecified atom stereocenters. The normalized spacial score (nSPS) is 9.83. The van der Waals surface area contributed by atoms with Crippen LogP contribution in [0.3, 0.4) is 0 Å². The fraction of sp³-hybridized carbons (Fsp3) is 0.429. The van der Waals surface area contributed by atoms with Gasteiger partial charge in [0.1, 0.15) is 5.56 Å². The minimum Gasteiger partial charge on any atom is -0.462 e. The molecule has 0 atom stereocenters. The van der Waals surface area contributed by atoms with Gasteiger partial charge >= 0.3 is 5.97 Å². The highest BCUT2D eigenvalue weighted by molar-refractivity contribution is 7.06. The Labute approximate surface area is 73.3 Å². The highest BCUT2D eigenvalue weighted by atomic mass is 32.1. The van der Waals surface area contributed by atoms with Crippen molar-refractivity contribution in [2.75, 3.05) is 6.61 Å². The molecule has 0 aliphatic rings. The van der Waals surface area contributed by atoms with E-state index in [2.05, 4.69) is 4.37 Å². The summed E-state index contributed by atoms with van der Waals surface area (Å²) in [7, 11) is 0. The van der Waals surface area contributed by atoms with Crippen molar-refractivity contribution >= 4 is 17.5 Å². The van der Waals surface area contributed by atoms with Gasteiger partial charge in [0.2, 0.25) is 0 Å². The van der Waals surface area contributed by atoms with Crippen molar-refractivity contribution in [3.8, 4) is 0 Å². The Bertz CT molecular complexity index is 339. The zero-order valence-corrected chi connectivity index (χ0v) is 7.66. The number of esters is 1. The highest BCUT2D eigenvalue weighted by Crippen LogP contribution is 2.07. The van der Waals surface area contributed by atoms with Crippen LogP contribution in [0.15, 0.2) is 4.79 Å². The van der Waals surface area contributed by atoms with Crippen LogP contribution < -0.4 is 5.56 Å². The molecule has 0 saturated heterocycles. The molecule has 1 aromatic heterocycles. The number of ether oxygens (including phenoxy) is 1. The summed E-state index contributed by atoms with van der Waals surface area (Å²) in [4.78, 5) is 22.8. The van der Waals surface area contributed by atoms with Gasteiger partial charge in [-0.05, 0) is 13.8 Å². The van der Waals surface area contributed by atoms with Gasteiger partial charge < -0.3 is 4.74 Å². The molecule has 0 bridgehead atoms. The van der Waals surface area contributed by atoms with E-state index in [1.54, 1.807) is 13.8 Å². The van der Waals surface area contributed by atoms with E-state index in [4.69, 9.17) is 4.74 Å². The van der Waals surface area contributed by atoms with E-state index in [-0.39, 0.29) is 17.7 Å². The lowest BCUT2D eigenvalue weighted by atomic mass is 10.3. The Morgan fingerprint density at radius 3 is 2.75 bits per heavy atom. The predicted octanol–water partition coefficient (Wildman–Crippen LogP) is 0.922. The second-order valence-corrected chi connectivity index (χ2v) is 3.21. The summed E-state index contributed by atoms with van der Waals surface area (Å²) < 4.78 is 7.16. The summed E-state index contributed by atoms with van der Waals surface area (Å²) >= 11 is 1.15. The highest BCUT2D eigenvalue weighted by Gasteiger charge is 2.16. The van der Waals surface area contributed by atoms with Gasteiger partial charge in [0.15, 0.2) is 0 Å². The molecular formula is C7H9NO3S. The molecule has 0 aliphatic heterocycles. The Morgan fingerprint density at radius 1 is 1.67 bits per heavy atom. The number of aryl methyl sites for hydroxylation is 1. The van der Waals surface area contributed by atoms with E-state index >= 15 is 0 Å². The third-order valence-electron chi connectivity index (χ3n) is 1.36. The van der Waals surface area contributed by atoms with Crippen molar-refractivity contribution in [2.45, 2.75) is 13.8 Å². The number of carbonyl (C=O) groups excluding carboxylic acids is 1. The van der Waals surface area contributed by atoms with E-state index in [9.17, 15) is 9.59 Å². The van der Waals surface area contributed by atoms with Gasteiger partial charge in [0.25, 0.3) is 5.56 Å². The van der Waals surface area contributed by atoms with E-state index in [1.807, 2.05) is 0 Å². The first kappa shape index (κ1) is 8.99. The molecule has 1 aromatic rings. The minimum absolute atomic E-state index is 0.127. The second kappa shape index (κ2) is 3.53. The van der Waals surface area contributed by atoms with Crippen LogP contribution in [-0.2, 0) is 4.74 Å². The van der Waals surface area contributed by atoms with Crippen molar-refractivity contribution in [3.05, 3.63) is 20.8 Å². The number of aromatic nitrogens is 1. The predicted molar refractivity (Wildman–Crippen MR) is 45.6 cm³/mol. The van der Waals surface area contributed by atoms with Gasteiger partial charge in [-0.15, -0.1) is 0 Å². The largest absolute Gasteiger partial charge is 0.462 e. The summed E-state index contributed by atoms with van der Waals surface area (Å²) in [5, 5.41) is 0. The monoisotopic (exact) mass is 187 g/mol. The lowest BCUT2D eigenvalue weighted by Crippen LogP contribution is -2.15. The average molecular weight is 187 g/mol. The van der Waals surface area contributed by atoms with Gasteiger partial charge in [0, 0.05) is 4.88 Å². The maximum Gasteiger partial charge on any atom is 0.344 e. The SMILES string of the molecule is CCOC(=O)c1c(C)s[nH]c1=O. The van der Waals surface area contributed by atoms with Crippen LogP contribution >= 0.6 is 11.5 Å².